The predicted molar refractivity (Wildman–Crippen MR) is 201 cm³/mol. The molecule has 0 fully saturated rings. The zero-order chi connectivity index (χ0) is 35.3. The van der Waals surface area contributed by atoms with Gasteiger partial charge in [-0.2, -0.15) is 0 Å². The fourth-order valence-corrected chi connectivity index (χ4v) is 5.17. The van der Waals surface area contributed by atoms with Crippen molar-refractivity contribution in [2.75, 3.05) is 20.3 Å². The topological polar surface area (TPSA) is 92.9 Å². The molecule has 2 rings (SSSR count). The minimum Gasteiger partial charge on any atom is -0.507 e. The Morgan fingerprint density at radius 3 is 1.96 bits per heavy atom. The maximum absolute atomic E-state index is 11.0. The number of rotatable bonds is 22. The molecule has 0 bridgehead atoms. The molecule has 0 aliphatic carbocycles. The van der Waals surface area contributed by atoms with E-state index in [1.54, 1.807) is 19.2 Å². The quantitative estimate of drug-likeness (QED) is 0.0567. The number of nitrogens with zero attached hydrogens (tertiary/aromatic N) is 2. The summed E-state index contributed by atoms with van der Waals surface area (Å²) in [6, 6.07) is 10.7. The van der Waals surface area contributed by atoms with E-state index >= 15 is 0 Å². The largest absolute Gasteiger partial charge is 0.507 e. The second-order valence-electron chi connectivity index (χ2n) is 12.4. The van der Waals surface area contributed by atoms with Crippen LogP contribution in [0.1, 0.15) is 110 Å². The number of hydrogen-bond donors (Lipinski definition) is 2. The zero-order valence-electron chi connectivity index (χ0n) is 30.6. The van der Waals surface area contributed by atoms with Gasteiger partial charge in [-0.05, 0) is 62.8 Å². The molecule has 0 saturated carbocycles. The van der Waals surface area contributed by atoms with Crippen LogP contribution in [0, 0.1) is 11.8 Å². The molecule has 0 saturated heterocycles. The molecule has 2 aromatic rings. The molecule has 0 amide bonds. The molecule has 2 aromatic carbocycles. The van der Waals surface area contributed by atoms with Crippen LogP contribution in [0.25, 0.3) is 0 Å². The van der Waals surface area contributed by atoms with Crippen LogP contribution in [0.15, 0.2) is 82.5 Å². The summed E-state index contributed by atoms with van der Waals surface area (Å²) in [6.07, 6.45) is 15.5. The molecule has 0 heterocycles. The number of hydrogen-bond acceptors (Lipinski definition) is 6. The van der Waals surface area contributed by atoms with Crippen molar-refractivity contribution >= 4 is 11.5 Å². The van der Waals surface area contributed by atoms with Crippen molar-refractivity contribution in [2.24, 2.45) is 21.8 Å². The molecule has 48 heavy (non-hydrogen) atoms. The van der Waals surface area contributed by atoms with Crippen LogP contribution in [0.3, 0.4) is 0 Å². The van der Waals surface area contributed by atoms with Gasteiger partial charge in [0, 0.05) is 35.3 Å². The van der Waals surface area contributed by atoms with Crippen LogP contribution in [-0.2, 0) is 11.3 Å². The fourth-order valence-electron chi connectivity index (χ4n) is 5.17. The van der Waals surface area contributed by atoms with Crippen LogP contribution in [0.4, 0.5) is 0 Å². The van der Waals surface area contributed by atoms with Gasteiger partial charge in [0.15, 0.2) is 5.84 Å². The van der Waals surface area contributed by atoms with Crippen LogP contribution in [0.2, 0.25) is 0 Å². The van der Waals surface area contributed by atoms with Crippen LogP contribution in [0.5, 0.6) is 23.0 Å². The van der Waals surface area contributed by atoms with Gasteiger partial charge < -0.3 is 24.4 Å². The summed E-state index contributed by atoms with van der Waals surface area (Å²) in [5, 5.41) is 21.8. The Morgan fingerprint density at radius 2 is 1.46 bits per heavy atom. The lowest BCUT2D eigenvalue weighted by atomic mass is 10.0. The Kier molecular flexibility index (Phi) is 18.9. The SMILES string of the molecule is C=C(C\C=C/C(=C\C)C(=N/Cc1ccc(OCC(CC)CCCC)cc1O)/N=C(\C)c1ccc(OCC(CC)CCCC)cc1O)OC. The number of phenolic OH excluding ortho intramolecular Hbond substituents is 2. The standard InChI is InChI=1S/C41H60N2O5/c1-9-14-18-32(11-3)28-47-36-22-21-35(39(44)25-36)27-42-41(34(13-5)20-16-17-30(6)46-8)43-31(7)38-24-23-37(26-40(38)45)48-29-33(12-4)19-15-10-2/h13,16,20-26,32-33,44-45H,6,9-12,14-15,17-19,27-29H2,1-5,7-8H3/b20-16-,34-13+,42-41-,43-31+. The van der Waals surface area contributed by atoms with Gasteiger partial charge in [0.25, 0.3) is 0 Å². The minimum absolute atomic E-state index is 0.0944. The normalized spacial score (nSPS) is 13.9. The number of benzene rings is 2. The van der Waals surface area contributed by atoms with E-state index in [0.717, 1.165) is 31.3 Å². The first kappa shape index (κ1) is 40.2. The summed E-state index contributed by atoms with van der Waals surface area (Å²) in [4.78, 5) is 9.72. The molecule has 2 atom stereocenters. The second kappa shape index (κ2) is 22.5. The van der Waals surface area contributed by atoms with E-state index in [1.165, 1.54) is 25.7 Å². The van der Waals surface area contributed by atoms with Crippen molar-refractivity contribution in [3.05, 3.63) is 83.7 Å². The highest BCUT2D eigenvalue weighted by Crippen LogP contribution is 2.28. The number of allylic oxidation sites excluding steroid dienone is 2. The van der Waals surface area contributed by atoms with E-state index in [1.807, 2.05) is 56.3 Å². The number of aromatic hydroxyl groups is 2. The highest BCUT2D eigenvalue weighted by Gasteiger charge is 2.13. The van der Waals surface area contributed by atoms with E-state index in [9.17, 15) is 10.2 Å². The van der Waals surface area contributed by atoms with Gasteiger partial charge in [0.2, 0.25) is 0 Å². The highest BCUT2D eigenvalue weighted by molar-refractivity contribution is 6.13. The van der Waals surface area contributed by atoms with Crippen LogP contribution >= 0.6 is 0 Å². The second-order valence-corrected chi connectivity index (χ2v) is 12.4. The van der Waals surface area contributed by atoms with E-state index in [0.29, 0.717) is 71.4 Å². The highest BCUT2D eigenvalue weighted by atomic mass is 16.5. The number of ether oxygens (including phenoxy) is 3. The Labute approximate surface area is 290 Å². The van der Waals surface area contributed by atoms with Gasteiger partial charge in [-0.3, -0.25) is 4.99 Å². The smallest absolute Gasteiger partial charge is 0.154 e. The fraction of sp³-hybridized carbons (Fsp3) is 0.512. The molecule has 7 nitrogen and oxygen atoms in total. The summed E-state index contributed by atoms with van der Waals surface area (Å²) < 4.78 is 17.3. The monoisotopic (exact) mass is 660 g/mol. The molecule has 2 unspecified atom stereocenters. The molecule has 264 valence electrons. The third-order valence-electron chi connectivity index (χ3n) is 8.65. The van der Waals surface area contributed by atoms with Crippen molar-refractivity contribution in [1.82, 2.24) is 0 Å². The van der Waals surface area contributed by atoms with Crippen molar-refractivity contribution < 1.29 is 24.4 Å². The molecular formula is C41H60N2O5. The summed E-state index contributed by atoms with van der Waals surface area (Å²) >= 11 is 0. The molecular weight excluding hydrogens is 600 g/mol. The Morgan fingerprint density at radius 1 is 0.875 bits per heavy atom. The van der Waals surface area contributed by atoms with E-state index in [4.69, 9.17) is 24.2 Å². The zero-order valence-corrected chi connectivity index (χ0v) is 30.6. The Balaban J connectivity index is 2.33. The maximum atomic E-state index is 11.0. The van der Waals surface area contributed by atoms with Crippen LogP contribution < -0.4 is 9.47 Å². The van der Waals surface area contributed by atoms with Crippen LogP contribution in [-0.4, -0.2) is 42.1 Å². The molecule has 0 aliphatic heterocycles. The molecule has 0 aliphatic rings. The number of amidine groups is 1. The summed E-state index contributed by atoms with van der Waals surface area (Å²) in [7, 11) is 1.60. The summed E-state index contributed by atoms with van der Waals surface area (Å²) in [5.41, 5.74) is 2.63. The Hall–Kier alpha value is -4.00. The lowest BCUT2D eigenvalue weighted by Crippen LogP contribution is -2.11. The first-order chi connectivity index (χ1) is 23.2. The van der Waals surface area contributed by atoms with Crippen molar-refractivity contribution in [1.29, 1.82) is 0 Å². The van der Waals surface area contributed by atoms with Gasteiger partial charge >= 0.3 is 0 Å². The molecule has 0 aromatic heterocycles. The first-order valence-corrected chi connectivity index (χ1v) is 17.7. The van der Waals surface area contributed by atoms with E-state index < -0.39 is 0 Å². The van der Waals surface area contributed by atoms with Crippen molar-refractivity contribution in [3.8, 4) is 23.0 Å². The van der Waals surface area contributed by atoms with Gasteiger partial charge in [-0.1, -0.05) is 91.0 Å². The first-order valence-electron chi connectivity index (χ1n) is 17.7. The van der Waals surface area contributed by atoms with Gasteiger partial charge in [-0.15, -0.1) is 0 Å². The average Bonchev–Trinajstić information content (AvgIpc) is 3.09. The summed E-state index contributed by atoms with van der Waals surface area (Å²) in [5.74, 6) is 3.61. The number of unbranched alkanes of at least 4 members (excludes halogenated alkanes) is 2. The number of methoxy groups -OCH3 is 1. The molecule has 2 N–H and O–H groups in total. The molecule has 7 heteroatoms. The molecule has 0 spiro atoms. The van der Waals surface area contributed by atoms with Gasteiger partial charge in [-0.25, -0.2) is 4.99 Å². The third kappa shape index (κ3) is 14.0. The van der Waals surface area contributed by atoms with Gasteiger partial charge in [0.1, 0.15) is 23.0 Å². The predicted octanol–water partition coefficient (Wildman–Crippen LogP) is 10.7. The minimum atomic E-state index is 0.0944. The number of phenols is 2. The van der Waals surface area contributed by atoms with E-state index in [-0.39, 0.29) is 18.0 Å². The lowest BCUT2D eigenvalue weighted by molar-refractivity contribution is 0.232. The summed E-state index contributed by atoms with van der Waals surface area (Å²) in [6.45, 7) is 17.9. The van der Waals surface area contributed by atoms with E-state index in [2.05, 4.69) is 34.3 Å². The average molecular weight is 661 g/mol. The third-order valence-corrected chi connectivity index (χ3v) is 8.65. The number of aliphatic imine (C=N–C) groups is 2. The van der Waals surface area contributed by atoms with Crippen molar-refractivity contribution in [3.63, 3.8) is 0 Å². The van der Waals surface area contributed by atoms with Crippen molar-refractivity contribution in [2.45, 2.75) is 106 Å². The Bertz CT molecular complexity index is 1390. The maximum Gasteiger partial charge on any atom is 0.154 e. The lowest BCUT2D eigenvalue weighted by Gasteiger charge is -2.16. The molecule has 0 radical (unpaired) electrons. The van der Waals surface area contributed by atoms with Gasteiger partial charge in [0.05, 0.1) is 38.3 Å².